The van der Waals surface area contributed by atoms with Crippen molar-refractivity contribution < 1.29 is 0 Å². The quantitative estimate of drug-likeness (QED) is 0.484. The van der Waals surface area contributed by atoms with Crippen LogP contribution in [0.4, 0.5) is 11.6 Å². The fourth-order valence-electron chi connectivity index (χ4n) is 4.58. The fraction of sp³-hybridized carbons (Fsp3) is 0.385. The number of nitrogens with zero attached hydrogens (tertiary/aromatic N) is 5. The maximum Gasteiger partial charge on any atom is 0.278 e. The first-order valence-corrected chi connectivity index (χ1v) is 12.0. The zero-order valence-corrected chi connectivity index (χ0v) is 19.8. The maximum absolute atomic E-state index is 13.3. The molecule has 0 unspecified atom stereocenters. The summed E-state index contributed by atoms with van der Waals surface area (Å²) in [7, 11) is 0. The molecular formula is C26H29N7O. The Kier molecular flexibility index (Phi) is 4.81. The summed E-state index contributed by atoms with van der Waals surface area (Å²) >= 11 is 0. The van der Waals surface area contributed by atoms with Crippen LogP contribution in [0.15, 0.2) is 47.4 Å². The van der Waals surface area contributed by atoms with Gasteiger partial charge in [0.15, 0.2) is 11.5 Å². The molecule has 2 aliphatic rings. The second-order valence-electron chi connectivity index (χ2n) is 10.3. The van der Waals surface area contributed by atoms with E-state index in [0.29, 0.717) is 22.8 Å². The lowest BCUT2D eigenvalue weighted by atomic mass is 9.92. The van der Waals surface area contributed by atoms with E-state index in [1.165, 1.54) is 11.1 Å². The number of hydrogen-bond donors (Lipinski definition) is 2. The standard InChI is InChI=1S/C26H29N7O/c1-26(2,3)21-5-4-6-22(30-21)33-23-20(24(34)32(33)19-9-10-19)15-28-25(31-23)29-18-8-7-16-11-12-27-14-17(16)13-18/h4-8,13,15,19,27H,9-12,14H2,1-3H3,(H,28,29,31). The van der Waals surface area contributed by atoms with E-state index in [1.54, 1.807) is 6.20 Å². The van der Waals surface area contributed by atoms with Gasteiger partial charge in [-0.05, 0) is 61.2 Å². The minimum absolute atomic E-state index is 0.0631. The number of nitrogens with one attached hydrogen (secondary N) is 2. The van der Waals surface area contributed by atoms with Gasteiger partial charge in [0.1, 0.15) is 5.39 Å². The third-order valence-corrected chi connectivity index (χ3v) is 6.58. The highest BCUT2D eigenvalue weighted by Crippen LogP contribution is 2.35. The van der Waals surface area contributed by atoms with Crippen LogP contribution in [0.2, 0.25) is 0 Å². The molecule has 4 aromatic rings. The van der Waals surface area contributed by atoms with Crippen LogP contribution in [-0.4, -0.2) is 30.9 Å². The summed E-state index contributed by atoms with van der Waals surface area (Å²) in [6.07, 6.45) is 4.64. The van der Waals surface area contributed by atoms with Gasteiger partial charge >= 0.3 is 0 Å². The van der Waals surface area contributed by atoms with Crippen molar-refractivity contribution in [3.8, 4) is 5.82 Å². The van der Waals surface area contributed by atoms with Gasteiger partial charge in [0.25, 0.3) is 5.56 Å². The van der Waals surface area contributed by atoms with E-state index in [1.807, 2.05) is 27.6 Å². The number of fused-ring (bicyclic) bond motifs is 2. The average Bonchev–Trinajstić information content (AvgIpc) is 3.62. The van der Waals surface area contributed by atoms with Gasteiger partial charge in [0.2, 0.25) is 5.95 Å². The van der Waals surface area contributed by atoms with Gasteiger partial charge in [0, 0.05) is 29.5 Å². The highest BCUT2D eigenvalue weighted by atomic mass is 16.1. The summed E-state index contributed by atoms with van der Waals surface area (Å²) < 4.78 is 3.69. The first-order chi connectivity index (χ1) is 16.4. The molecule has 0 spiro atoms. The first-order valence-electron chi connectivity index (χ1n) is 12.0. The molecule has 1 saturated carbocycles. The van der Waals surface area contributed by atoms with E-state index in [2.05, 4.69) is 54.6 Å². The van der Waals surface area contributed by atoms with Crippen molar-refractivity contribution in [1.82, 2.24) is 29.6 Å². The van der Waals surface area contributed by atoms with E-state index in [0.717, 1.165) is 43.7 Å². The van der Waals surface area contributed by atoms with Crippen LogP contribution >= 0.6 is 0 Å². The maximum atomic E-state index is 13.3. The molecule has 2 N–H and O–H groups in total. The third-order valence-electron chi connectivity index (χ3n) is 6.58. The Morgan fingerprint density at radius 3 is 2.74 bits per heavy atom. The molecule has 0 bridgehead atoms. The van der Waals surface area contributed by atoms with Crippen LogP contribution in [0.25, 0.3) is 16.9 Å². The summed E-state index contributed by atoms with van der Waals surface area (Å²) in [5, 5.41) is 7.26. The Bertz CT molecular complexity index is 1460. The lowest BCUT2D eigenvalue weighted by Crippen LogP contribution is -2.23. The molecule has 0 amide bonds. The van der Waals surface area contributed by atoms with E-state index in [-0.39, 0.29) is 17.0 Å². The fourth-order valence-corrected chi connectivity index (χ4v) is 4.58. The molecule has 0 radical (unpaired) electrons. The van der Waals surface area contributed by atoms with Crippen molar-refractivity contribution in [3.63, 3.8) is 0 Å². The van der Waals surface area contributed by atoms with Crippen LogP contribution in [-0.2, 0) is 18.4 Å². The SMILES string of the molecule is CC(C)(C)c1cccc(-n2c3nc(Nc4ccc5c(c4)CNCC5)ncc3c(=O)n2C2CC2)n1. The van der Waals surface area contributed by atoms with Crippen LogP contribution in [0.1, 0.15) is 56.5 Å². The van der Waals surface area contributed by atoms with Gasteiger partial charge in [0.05, 0.1) is 6.04 Å². The van der Waals surface area contributed by atoms with Gasteiger partial charge < -0.3 is 10.6 Å². The van der Waals surface area contributed by atoms with Crippen molar-refractivity contribution in [2.45, 2.75) is 58.0 Å². The molecule has 3 aromatic heterocycles. The van der Waals surface area contributed by atoms with Crippen molar-refractivity contribution in [2.75, 3.05) is 11.9 Å². The third kappa shape index (κ3) is 3.68. The summed E-state index contributed by atoms with van der Waals surface area (Å²) in [6.45, 7) is 8.29. The van der Waals surface area contributed by atoms with E-state index in [9.17, 15) is 4.79 Å². The molecule has 34 heavy (non-hydrogen) atoms. The molecule has 4 heterocycles. The number of pyridine rings is 1. The van der Waals surface area contributed by atoms with Crippen molar-refractivity contribution in [1.29, 1.82) is 0 Å². The molecule has 1 aliphatic heterocycles. The monoisotopic (exact) mass is 455 g/mol. The number of anilines is 2. The van der Waals surface area contributed by atoms with Crippen molar-refractivity contribution in [2.24, 2.45) is 0 Å². The number of rotatable bonds is 4. The molecular weight excluding hydrogens is 426 g/mol. The van der Waals surface area contributed by atoms with Crippen LogP contribution in [0, 0.1) is 0 Å². The molecule has 1 fully saturated rings. The van der Waals surface area contributed by atoms with E-state index in [4.69, 9.17) is 9.97 Å². The van der Waals surface area contributed by atoms with Crippen molar-refractivity contribution in [3.05, 3.63) is 69.8 Å². The molecule has 8 heteroatoms. The topological polar surface area (TPSA) is 89.7 Å². The molecule has 8 nitrogen and oxygen atoms in total. The second-order valence-corrected chi connectivity index (χ2v) is 10.3. The summed E-state index contributed by atoms with van der Waals surface area (Å²) in [5.74, 6) is 1.17. The zero-order chi connectivity index (χ0) is 23.4. The smallest absolute Gasteiger partial charge is 0.278 e. The van der Waals surface area contributed by atoms with Crippen LogP contribution in [0.5, 0.6) is 0 Å². The summed E-state index contributed by atoms with van der Waals surface area (Å²) in [5.41, 5.74) is 4.98. The lowest BCUT2D eigenvalue weighted by molar-refractivity contribution is 0.537. The predicted molar refractivity (Wildman–Crippen MR) is 133 cm³/mol. The molecule has 0 saturated heterocycles. The Morgan fingerprint density at radius 1 is 1.09 bits per heavy atom. The van der Waals surface area contributed by atoms with Gasteiger partial charge in [-0.25, -0.2) is 19.3 Å². The van der Waals surface area contributed by atoms with Gasteiger partial charge in [-0.15, -0.1) is 0 Å². The average molecular weight is 456 g/mol. The Balaban J connectivity index is 1.46. The van der Waals surface area contributed by atoms with Crippen molar-refractivity contribution >= 4 is 22.7 Å². The molecule has 6 rings (SSSR count). The predicted octanol–water partition coefficient (Wildman–Crippen LogP) is 4.00. The van der Waals surface area contributed by atoms with Gasteiger partial charge in [-0.2, -0.15) is 4.98 Å². The number of aromatic nitrogens is 5. The minimum Gasteiger partial charge on any atom is -0.324 e. The number of hydrogen-bond acceptors (Lipinski definition) is 6. The van der Waals surface area contributed by atoms with Gasteiger partial charge in [-0.1, -0.05) is 32.9 Å². The highest BCUT2D eigenvalue weighted by Gasteiger charge is 2.31. The second kappa shape index (κ2) is 7.77. The molecule has 174 valence electrons. The Labute approximate surface area is 198 Å². The Morgan fingerprint density at radius 2 is 1.94 bits per heavy atom. The molecule has 1 aromatic carbocycles. The van der Waals surface area contributed by atoms with E-state index >= 15 is 0 Å². The molecule has 0 atom stereocenters. The van der Waals surface area contributed by atoms with Crippen LogP contribution in [0.3, 0.4) is 0 Å². The normalized spacial score (nSPS) is 16.0. The lowest BCUT2D eigenvalue weighted by Gasteiger charge is -2.19. The van der Waals surface area contributed by atoms with Crippen LogP contribution < -0.4 is 16.2 Å². The highest BCUT2D eigenvalue weighted by molar-refractivity contribution is 5.77. The van der Waals surface area contributed by atoms with Gasteiger partial charge in [-0.3, -0.25) is 4.79 Å². The summed E-state index contributed by atoms with van der Waals surface area (Å²) in [6, 6.07) is 12.5. The molecule has 1 aliphatic carbocycles. The largest absolute Gasteiger partial charge is 0.324 e. The minimum atomic E-state index is -0.104. The Hall–Kier alpha value is -3.52. The summed E-state index contributed by atoms with van der Waals surface area (Å²) in [4.78, 5) is 27.5. The number of benzene rings is 1. The first kappa shape index (κ1) is 21.0. The zero-order valence-electron chi connectivity index (χ0n) is 19.8. The van der Waals surface area contributed by atoms with E-state index < -0.39 is 0 Å².